The molecule has 0 spiro atoms. The zero-order chi connectivity index (χ0) is 17.8. The van der Waals surface area contributed by atoms with Crippen LogP contribution in [0.15, 0.2) is 34.2 Å². The highest BCUT2D eigenvalue weighted by molar-refractivity contribution is 8.00. The van der Waals surface area contributed by atoms with Crippen LogP contribution in [0.4, 0.5) is 5.69 Å². The van der Waals surface area contributed by atoms with Crippen molar-refractivity contribution in [1.82, 2.24) is 9.97 Å². The number of benzene rings is 1. The van der Waals surface area contributed by atoms with Gasteiger partial charge in [0.25, 0.3) is 5.56 Å². The van der Waals surface area contributed by atoms with Crippen molar-refractivity contribution in [3.8, 4) is 5.75 Å². The molecule has 2 N–H and O–H groups in total. The normalized spacial score (nSPS) is 14.0. The highest BCUT2D eigenvalue weighted by Gasteiger charge is 2.23. The van der Waals surface area contributed by atoms with Gasteiger partial charge in [-0.1, -0.05) is 30.8 Å². The third kappa shape index (κ3) is 3.87. The predicted molar refractivity (Wildman–Crippen MR) is 98.4 cm³/mol. The summed E-state index contributed by atoms with van der Waals surface area (Å²) in [5.74, 6) is 0.472. The lowest BCUT2D eigenvalue weighted by Crippen LogP contribution is -2.26. The van der Waals surface area contributed by atoms with Gasteiger partial charge in [-0.05, 0) is 37.8 Å². The second-order valence-electron chi connectivity index (χ2n) is 5.85. The fourth-order valence-electron chi connectivity index (χ4n) is 2.89. The molecule has 6 nitrogen and oxygen atoms in total. The number of methoxy groups -OCH3 is 1. The van der Waals surface area contributed by atoms with Gasteiger partial charge in [0.15, 0.2) is 5.16 Å². The molecule has 1 aromatic heterocycles. The van der Waals surface area contributed by atoms with Gasteiger partial charge in [-0.25, -0.2) is 4.98 Å². The molecule has 1 heterocycles. The average Bonchev–Trinajstić information content (AvgIpc) is 3.09. The van der Waals surface area contributed by atoms with Gasteiger partial charge in [-0.15, -0.1) is 0 Å². The minimum absolute atomic E-state index is 0.0787. The lowest BCUT2D eigenvalue weighted by Gasteiger charge is -2.16. The van der Waals surface area contributed by atoms with E-state index in [4.69, 9.17) is 4.74 Å². The number of aryl methyl sites for hydroxylation is 1. The molecule has 0 saturated heterocycles. The number of carbonyl (C=O) groups excluding carboxylic acids is 1. The number of thioether (sulfide) groups is 1. The van der Waals surface area contributed by atoms with Crippen LogP contribution >= 0.6 is 11.8 Å². The Hall–Kier alpha value is -2.28. The van der Waals surface area contributed by atoms with E-state index in [1.807, 2.05) is 19.1 Å². The van der Waals surface area contributed by atoms with Gasteiger partial charge in [-0.3, -0.25) is 9.59 Å². The number of rotatable bonds is 6. The Balaban J connectivity index is 1.75. The number of carbonyl (C=O) groups is 1. The number of anilines is 1. The Labute approximate surface area is 150 Å². The summed E-state index contributed by atoms with van der Waals surface area (Å²) in [5, 5.41) is 3.05. The van der Waals surface area contributed by atoms with E-state index < -0.39 is 0 Å². The molecular formula is C18H21N3O3S. The molecule has 1 unspecified atom stereocenters. The molecule has 1 amide bonds. The summed E-state index contributed by atoms with van der Waals surface area (Å²) < 4.78 is 5.26. The number of aromatic amines is 1. The van der Waals surface area contributed by atoms with Crippen LogP contribution in [0, 0.1) is 0 Å². The van der Waals surface area contributed by atoms with Gasteiger partial charge >= 0.3 is 0 Å². The van der Waals surface area contributed by atoms with Crippen molar-refractivity contribution in [1.29, 1.82) is 0 Å². The number of hydrogen-bond acceptors (Lipinski definition) is 5. The Bertz CT molecular complexity index is 835. The number of fused-ring (bicyclic) bond motifs is 1. The van der Waals surface area contributed by atoms with Crippen molar-refractivity contribution >= 4 is 23.4 Å². The van der Waals surface area contributed by atoms with Crippen LogP contribution in [0.1, 0.15) is 31.0 Å². The average molecular weight is 359 g/mol. The lowest BCUT2D eigenvalue weighted by molar-refractivity contribution is -0.115. The second kappa shape index (κ2) is 7.74. The monoisotopic (exact) mass is 359 g/mol. The van der Waals surface area contributed by atoms with E-state index in [1.165, 1.54) is 11.8 Å². The van der Waals surface area contributed by atoms with Crippen molar-refractivity contribution in [3.63, 3.8) is 0 Å². The van der Waals surface area contributed by atoms with Crippen LogP contribution in [-0.2, 0) is 17.6 Å². The molecule has 3 rings (SSSR count). The summed E-state index contributed by atoms with van der Waals surface area (Å²) >= 11 is 1.29. The molecule has 2 aromatic rings. The standard InChI is InChI=1S/C18H21N3O3S/c1-3-15(17(23)19-13-8-4-5-10-14(13)24-2)25-18-20-12-9-6-7-11(12)16(22)21-18/h4-5,8,10,15H,3,6-7,9H2,1-2H3,(H,19,23)(H,20,21,22). The predicted octanol–water partition coefficient (Wildman–Crippen LogP) is 2.78. The smallest absolute Gasteiger partial charge is 0.254 e. The van der Waals surface area contributed by atoms with Crippen LogP contribution < -0.4 is 15.6 Å². The summed E-state index contributed by atoms with van der Waals surface area (Å²) in [5.41, 5.74) is 2.21. The third-order valence-electron chi connectivity index (χ3n) is 4.20. The number of nitrogens with one attached hydrogen (secondary N) is 2. The van der Waals surface area contributed by atoms with Gasteiger partial charge < -0.3 is 15.0 Å². The molecule has 0 saturated carbocycles. The van der Waals surface area contributed by atoms with Gasteiger partial charge in [0.05, 0.1) is 23.7 Å². The molecule has 7 heteroatoms. The van der Waals surface area contributed by atoms with Crippen LogP contribution in [0.25, 0.3) is 0 Å². The Morgan fingerprint density at radius 3 is 2.96 bits per heavy atom. The molecule has 0 fully saturated rings. The van der Waals surface area contributed by atoms with Gasteiger partial charge in [0.2, 0.25) is 5.91 Å². The summed E-state index contributed by atoms with van der Waals surface area (Å²) in [6.07, 6.45) is 3.20. The molecule has 0 radical (unpaired) electrons. The summed E-state index contributed by atoms with van der Waals surface area (Å²) in [4.78, 5) is 32.1. The van der Waals surface area contributed by atoms with Gasteiger partial charge in [0.1, 0.15) is 5.75 Å². The van der Waals surface area contributed by atoms with Crippen molar-refractivity contribution in [2.45, 2.75) is 43.0 Å². The fraction of sp³-hybridized carbons (Fsp3) is 0.389. The van der Waals surface area contributed by atoms with Crippen molar-refractivity contribution in [3.05, 3.63) is 45.9 Å². The molecule has 1 aromatic carbocycles. The van der Waals surface area contributed by atoms with Crippen molar-refractivity contribution in [2.75, 3.05) is 12.4 Å². The SMILES string of the molecule is CCC(Sc1nc2c(c(=O)[nH]1)CCC2)C(=O)Nc1ccccc1OC. The van der Waals surface area contributed by atoms with E-state index in [2.05, 4.69) is 15.3 Å². The van der Waals surface area contributed by atoms with Crippen LogP contribution in [0.5, 0.6) is 5.75 Å². The quantitative estimate of drug-likeness (QED) is 0.612. The molecule has 1 aliphatic rings. The van der Waals surface area contributed by atoms with E-state index in [1.54, 1.807) is 19.2 Å². The molecular weight excluding hydrogens is 338 g/mol. The number of amides is 1. The van der Waals surface area contributed by atoms with E-state index in [-0.39, 0.29) is 16.7 Å². The Morgan fingerprint density at radius 1 is 1.40 bits per heavy atom. The molecule has 1 aliphatic carbocycles. The maximum atomic E-state index is 12.6. The minimum Gasteiger partial charge on any atom is -0.495 e. The van der Waals surface area contributed by atoms with Crippen LogP contribution in [0.3, 0.4) is 0 Å². The van der Waals surface area contributed by atoms with E-state index in [0.717, 1.165) is 30.5 Å². The summed E-state index contributed by atoms with van der Waals surface area (Å²) in [6, 6.07) is 7.28. The molecule has 0 bridgehead atoms. The molecule has 0 aliphatic heterocycles. The first-order chi connectivity index (χ1) is 12.1. The largest absolute Gasteiger partial charge is 0.495 e. The number of hydrogen-bond donors (Lipinski definition) is 2. The first-order valence-electron chi connectivity index (χ1n) is 8.35. The molecule has 1 atom stereocenters. The first-order valence-corrected chi connectivity index (χ1v) is 9.23. The van der Waals surface area contributed by atoms with Gasteiger partial charge in [-0.2, -0.15) is 0 Å². The topological polar surface area (TPSA) is 84.1 Å². The third-order valence-corrected chi connectivity index (χ3v) is 5.45. The number of para-hydroxylation sites is 2. The van der Waals surface area contributed by atoms with Crippen LogP contribution in [-0.4, -0.2) is 28.2 Å². The van der Waals surface area contributed by atoms with Crippen molar-refractivity contribution < 1.29 is 9.53 Å². The summed E-state index contributed by atoms with van der Waals surface area (Å²) in [7, 11) is 1.57. The number of H-pyrrole nitrogens is 1. The zero-order valence-electron chi connectivity index (χ0n) is 14.3. The number of ether oxygens (including phenoxy) is 1. The highest BCUT2D eigenvalue weighted by Crippen LogP contribution is 2.28. The van der Waals surface area contributed by atoms with Crippen molar-refractivity contribution in [2.24, 2.45) is 0 Å². The highest BCUT2D eigenvalue weighted by atomic mass is 32.2. The Morgan fingerprint density at radius 2 is 2.20 bits per heavy atom. The lowest BCUT2D eigenvalue weighted by atomic mass is 10.2. The number of aromatic nitrogens is 2. The molecule has 132 valence electrons. The van der Waals surface area contributed by atoms with E-state index in [9.17, 15) is 9.59 Å². The van der Waals surface area contributed by atoms with Crippen LogP contribution in [0.2, 0.25) is 0 Å². The first kappa shape index (κ1) is 17.5. The fourth-order valence-corrected chi connectivity index (χ4v) is 3.81. The maximum absolute atomic E-state index is 12.6. The Kier molecular flexibility index (Phi) is 5.43. The summed E-state index contributed by atoms with van der Waals surface area (Å²) in [6.45, 7) is 1.94. The van der Waals surface area contributed by atoms with Gasteiger partial charge in [0, 0.05) is 5.56 Å². The number of nitrogens with zero attached hydrogens (tertiary/aromatic N) is 1. The van der Waals surface area contributed by atoms with E-state index >= 15 is 0 Å². The van der Waals surface area contributed by atoms with E-state index in [0.29, 0.717) is 23.0 Å². The zero-order valence-corrected chi connectivity index (χ0v) is 15.1. The molecule has 25 heavy (non-hydrogen) atoms. The minimum atomic E-state index is -0.354. The second-order valence-corrected chi connectivity index (χ2v) is 7.05. The maximum Gasteiger partial charge on any atom is 0.254 e.